The number of rotatable bonds is 75. The molecule has 19 heteroatoms. The van der Waals surface area contributed by atoms with E-state index >= 15 is 0 Å². The van der Waals surface area contributed by atoms with E-state index in [2.05, 4.69) is 113 Å². The minimum atomic E-state index is -4.98. The van der Waals surface area contributed by atoms with Crippen LogP contribution in [0.4, 0.5) is 0 Å². The number of esters is 4. The molecule has 0 aliphatic carbocycles. The van der Waals surface area contributed by atoms with Gasteiger partial charge in [0.25, 0.3) is 0 Å². The summed E-state index contributed by atoms with van der Waals surface area (Å²) < 4.78 is 68.6. The van der Waals surface area contributed by atoms with Gasteiger partial charge in [0, 0.05) is 25.7 Å². The number of ether oxygens (including phenoxy) is 4. The van der Waals surface area contributed by atoms with E-state index in [9.17, 15) is 43.2 Å². The molecule has 5 atom stereocenters. The van der Waals surface area contributed by atoms with Gasteiger partial charge in [0.15, 0.2) is 12.2 Å². The highest BCUT2D eigenvalue weighted by molar-refractivity contribution is 7.47. The largest absolute Gasteiger partial charge is 0.472 e. The van der Waals surface area contributed by atoms with Crippen LogP contribution in [0, 0.1) is 0 Å². The van der Waals surface area contributed by atoms with Gasteiger partial charge in [-0.15, -0.1) is 0 Å². The smallest absolute Gasteiger partial charge is 0.462 e. The van der Waals surface area contributed by atoms with Crippen LogP contribution in [0.3, 0.4) is 0 Å². The Balaban J connectivity index is 5.38. The van der Waals surface area contributed by atoms with E-state index in [1.807, 2.05) is 0 Å². The molecule has 0 spiro atoms. The molecule has 0 saturated heterocycles. The van der Waals surface area contributed by atoms with E-state index < -0.39 is 97.5 Å². The van der Waals surface area contributed by atoms with Crippen LogP contribution in [0.2, 0.25) is 0 Å². The Bertz CT molecular complexity index is 2230. The summed E-state index contributed by atoms with van der Waals surface area (Å²) in [5, 5.41) is 10.6. The lowest BCUT2D eigenvalue weighted by Crippen LogP contribution is -2.30. The van der Waals surface area contributed by atoms with E-state index in [1.54, 1.807) is 0 Å². The van der Waals surface area contributed by atoms with Gasteiger partial charge in [-0.3, -0.25) is 37.3 Å². The van der Waals surface area contributed by atoms with Crippen molar-refractivity contribution in [3.8, 4) is 0 Å². The highest BCUT2D eigenvalue weighted by Gasteiger charge is 2.30. The zero-order valence-electron chi connectivity index (χ0n) is 63.4. The molecule has 5 unspecified atom stereocenters. The molecule has 0 amide bonds. The molecule has 3 N–H and O–H groups in total. The third kappa shape index (κ3) is 72.6. The molecule has 0 fully saturated rings. The van der Waals surface area contributed by atoms with E-state index in [0.29, 0.717) is 25.7 Å². The number of hydrogen-bond donors (Lipinski definition) is 3. The number of carbonyl (C=O) groups excluding carboxylic acids is 4. The quantitative estimate of drug-likeness (QED) is 0.0169. The predicted molar refractivity (Wildman–Crippen MR) is 409 cm³/mol. The normalized spacial score (nSPS) is 14.3. The van der Waals surface area contributed by atoms with Crippen LogP contribution >= 0.6 is 15.6 Å². The molecule has 17 nitrogen and oxygen atoms in total. The second-order valence-electron chi connectivity index (χ2n) is 26.6. The third-order valence-electron chi connectivity index (χ3n) is 16.8. The van der Waals surface area contributed by atoms with Gasteiger partial charge in [0.2, 0.25) is 0 Å². The van der Waals surface area contributed by atoms with Crippen molar-refractivity contribution in [3.63, 3.8) is 0 Å². The maximum absolute atomic E-state index is 13.1. The van der Waals surface area contributed by atoms with E-state index in [4.69, 9.17) is 37.0 Å². The predicted octanol–water partition coefficient (Wildman–Crippen LogP) is 23.0. The van der Waals surface area contributed by atoms with Gasteiger partial charge in [-0.2, -0.15) is 0 Å². The highest BCUT2D eigenvalue weighted by atomic mass is 31.2. The fourth-order valence-corrected chi connectivity index (χ4v) is 12.2. The lowest BCUT2D eigenvalue weighted by atomic mass is 10.1. The summed E-state index contributed by atoms with van der Waals surface area (Å²) in [5.74, 6) is -2.21. The number of allylic oxidation sites excluding steroid dienone is 14. The van der Waals surface area contributed by atoms with Crippen molar-refractivity contribution in [3.05, 3.63) is 85.1 Å². The van der Waals surface area contributed by atoms with Crippen LogP contribution in [-0.2, 0) is 65.4 Å². The topological polar surface area (TPSA) is 237 Å². The molecule has 0 heterocycles. The molecular formula is C81H144O17P2. The standard InChI is InChI=1S/C81H144O17P2/c1-5-9-13-17-21-25-29-33-37-41-45-49-53-57-61-65-78(83)91-71-76(97-80(85)67-63-59-55-51-47-43-39-35-31-27-23-19-15-11-7-3)73-95-99(87,88)93-69-75(82)70-94-100(89,90)96-74-77(98-81(86)68-64-60-56-52-48-44-40-36-32-28-24-20-16-12-8-4)72-92-79(84)66-62-58-54-50-46-42-38-34-30-26-22-18-14-10-6-2/h21-23,25-27,33-40,75-77,82H,5-20,24,28-32,41-74H2,1-4H3,(H,87,88)(H,89,90). The van der Waals surface area contributed by atoms with Crippen molar-refractivity contribution >= 4 is 39.5 Å². The summed E-state index contributed by atoms with van der Waals surface area (Å²) in [6, 6.07) is 0. The van der Waals surface area contributed by atoms with Gasteiger partial charge in [0.05, 0.1) is 26.4 Å². The van der Waals surface area contributed by atoms with E-state index in [0.717, 1.165) is 173 Å². The molecule has 0 aromatic carbocycles. The molecule has 0 saturated carbocycles. The second-order valence-corrected chi connectivity index (χ2v) is 29.5. The lowest BCUT2D eigenvalue weighted by molar-refractivity contribution is -0.161. The minimum absolute atomic E-state index is 0.0768. The number of carbonyl (C=O) groups is 4. The number of phosphoric ester groups is 2. The first-order chi connectivity index (χ1) is 48.7. The Kier molecular flexibility index (Phi) is 70.8. The number of phosphoric acid groups is 2. The average molecular weight is 1450 g/mol. The van der Waals surface area contributed by atoms with Crippen LogP contribution in [0.1, 0.15) is 349 Å². The van der Waals surface area contributed by atoms with Gasteiger partial charge in [-0.05, 0) is 148 Å². The number of hydrogen-bond acceptors (Lipinski definition) is 15. The molecule has 580 valence electrons. The van der Waals surface area contributed by atoms with Crippen LogP contribution in [-0.4, -0.2) is 96.7 Å². The van der Waals surface area contributed by atoms with Crippen molar-refractivity contribution in [2.24, 2.45) is 0 Å². The fourth-order valence-electron chi connectivity index (χ4n) is 10.7. The molecule has 0 aliphatic rings. The van der Waals surface area contributed by atoms with Gasteiger partial charge in [-0.25, -0.2) is 9.13 Å². The summed E-state index contributed by atoms with van der Waals surface area (Å²) in [5.41, 5.74) is 0. The molecule has 100 heavy (non-hydrogen) atoms. The van der Waals surface area contributed by atoms with Gasteiger partial charge in [-0.1, -0.05) is 260 Å². The Hall–Kier alpha value is -3.76. The fraction of sp³-hybridized carbons (Fsp3) is 0.778. The molecule has 0 aliphatic heterocycles. The second kappa shape index (κ2) is 73.5. The van der Waals surface area contributed by atoms with E-state index in [-0.39, 0.29) is 25.7 Å². The van der Waals surface area contributed by atoms with Gasteiger partial charge >= 0.3 is 39.5 Å². The average Bonchev–Trinajstić information content (AvgIpc) is 1.01. The third-order valence-corrected chi connectivity index (χ3v) is 18.7. The lowest BCUT2D eigenvalue weighted by Gasteiger charge is -2.21. The van der Waals surface area contributed by atoms with Crippen LogP contribution < -0.4 is 0 Å². The van der Waals surface area contributed by atoms with Crippen molar-refractivity contribution in [1.29, 1.82) is 0 Å². The van der Waals surface area contributed by atoms with Gasteiger partial charge in [0.1, 0.15) is 19.3 Å². The Morgan fingerprint density at radius 3 is 0.770 bits per heavy atom. The molecule has 0 aromatic rings. The number of aliphatic hydroxyl groups is 1. The van der Waals surface area contributed by atoms with E-state index in [1.165, 1.54) is 96.3 Å². The van der Waals surface area contributed by atoms with Crippen LogP contribution in [0.5, 0.6) is 0 Å². The first-order valence-electron chi connectivity index (χ1n) is 39.8. The Labute approximate surface area is 608 Å². The van der Waals surface area contributed by atoms with Crippen molar-refractivity contribution in [2.45, 2.75) is 367 Å². The van der Waals surface area contributed by atoms with Crippen LogP contribution in [0.25, 0.3) is 0 Å². The Morgan fingerprint density at radius 1 is 0.280 bits per heavy atom. The summed E-state index contributed by atoms with van der Waals surface area (Å²) >= 11 is 0. The first-order valence-corrected chi connectivity index (χ1v) is 42.8. The van der Waals surface area contributed by atoms with Gasteiger partial charge < -0.3 is 33.8 Å². The molecule has 0 radical (unpaired) electrons. The number of unbranched alkanes of at least 4 members (excludes halogenated alkanes) is 35. The van der Waals surface area contributed by atoms with Crippen LogP contribution in [0.15, 0.2) is 85.1 Å². The molecule has 0 bridgehead atoms. The zero-order valence-corrected chi connectivity index (χ0v) is 65.2. The summed E-state index contributed by atoms with van der Waals surface area (Å²) in [4.78, 5) is 73.0. The molecular weight excluding hydrogens is 1310 g/mol. The molecule has 0 aromatic heterocycles. The minimum Gasteiger partial charge on any atom is -0.462 e. The van der Waals surface area contributed by atoms with Crippen molar-refractivity contribution in [2.75, 3.05) is 39.6 Å². The Morgan fingerprint density at radius 2 is 0.490 bits per heavy atom. The summed E-state index contributed by atoms with van der Waals surface area (Å²) in [6.45, 7) is 4.78. The zero-order chi connectivity index (χ0) is 73.2. The highest BCUT2D eigenvalue weighted by Crippen LogP contribution is 2.45. The summed E-state index contributed by atoms with van der Waals surface area (Å²) in [7, 11) is -9.96. The van der Waals surface area contributed by atoms with Crippen molar-refractivity contribution in [1.82, 2.24) is 0 Å². The first kappa shape index (κ1) is 96.2. The molecule has 0 rings (SSSR count). The number of aliphatic hydroxyl groups excluding tert-OH is 1. The maximum Gasteiger partial charge on any atom is 0.472 e. The maximum atomic E-state index is 13.1. The monoisotopic (exact) mass is 1450 g/mol. The summed E-state index contributed by atoms with van der Waals surface area (Å²) in [6.07, 6.45) is 75.5. The van der Waals surface area contributed by atoms with Crippen molar-refractivity contribution < 1.29 is 80.2 Å². The SMILES string of the molecule is CCCCCC=CCC=CCCCCCCCC(=O)OCC(COP(=O)(O)OCC(O)COP(=O)(O)OCC(COC(=O)CCCCCCCC=CCC=CCCCCC)OC(=O)CCCCCCCC=CCCCCCCCC)OC(=O)CCCCCCCC=CCC=CCCCCC.